The van der Waals surface area contributed by atoms with Gasteiger partial charge in [0.15, 0.2) is 5.75 Å². The van der Waals surface area contributed by atoms with Crippen molar-refractivity contribution in [1.29, 1.82) is 0 Å². The molecule has 3 aromatic rings. The van der Waals surface area contributed by atoms with Gasteiger partial charge in [0.1, 0.15) is 11.3 Å². The summed E-state index contributed by atoms with van der Waals surface area (Å²) >= 11 is 6.18. The van der Waals surface area contributed by atoms with Crippen molar-refractivity contribution in [2.75, 3.05) is 0 Å². The first-order chi connectivity index (χ1) is 10.2. The van der Waals surface area contributed by atoms with Gasteiger partial charge in [-0.3, -0.25) is 4.98 Å². The Labute approximate surface area is 127 Å². The van der Waals surface area contributed by atoms with Gasteiger partial charge in [0.25, 0.3) is 0 Å². The van der Waals surface area contributed by atoms with Crippen LogP contribution in [-0.2, 0) is 0 Å². The molecule has 1 atom stereocenters. The molecule has 1 aromatic heterocycles. The van der Waals surface area contributed by atoms with Crippen molar-refractivity contribution in [2.45, 2.75) is 13.0 Å². The largest absolute Gasteiger partial charge is 0.455 e. The number of para-hydroxylation sites is 1. The summed E-state index contributed by atoms with van der Waals surface area (Å²) in [6.45, 7) is 1.71. The Morgan fingerprint density at radius 3 is 2.67 bits per heavy atom. The first-order valence-electron chi connectivity index (χ1n) is 6.65. The lowest BCUT2D eigenvalue weighted by atomic mass is 10.1. The Balaban J connectivity index is 2.09. The maximum Gasteiger partial charge on any atom is 0.153 e. The van der Waals surface area contributed by atoms with Gasteiger partial charge >= 0.3 is 0 Å². The number of ether oxygens (including phenoxy) is 1. The predicted octanol–water partition coefficient (Wildman–Crippen LogP) is 4.73. The van der Waals surface area contributed by atoms with Crippen molar-refractivity contribution < 1.29 is 9.84 Å². The lowest BCUT2D eigenvalue weighted by Crippen LogP contribution is -1.96. The quantitative estimate of drug-likeness (QED) is 0.760. The average molecular weight is 300 g/mol. The minimum Gasteiger partial charge on any atom is -0.455 e. The number of rotatable bonds is 3. The van der Waals surface area contributed by atoms with Crippen LogP contribution < -0.4 is 4.74 Å². The molecule has 0 amide bonds. The SMILES string of the molecule is CC(O)c1ccccc1Oc1ccc(Cl)c2cccnc12. The molecule has 0 fully saturated rings. The van der Waals surface area contributed by atoms with E-state index in [2.05, 4.69) is 4.98 Å². The Morgan fingerprint density at radius 2 is 1.86 bits per heavy atom. The number of nitrogens with zero attached hydrogens (tertiary/aromatic N) is 1. The van der Waals surface area contributed by atoms with Gasteiger partial charge in [-0.25, -0.2) is 0 Å². The van der Waals surface area contributed by atoms with Crippen LogP contribution in [0.25, 0.3) is 10.9 Å². The zero-order chi connectivity index (χ0) is 14.8. The molecule has 1 N–H and O–H groups in total. The van der Waals surface area contributed by atoms with Gasteiger partial charge in [0, 0.05) is 17.1 Å². The van der Waals surface area contributed by atoms with Crippen LogP contribution in [0.1, 0.15) is 18.6 Å². The fourth-order valence-electron chi connectivity index (χ4n) is 2.23. The van der Waals surface area contributed by atoms with Crippen molar-refractivity contribution in [3.05, 3.63) is 65.3 Å². The van der Waals surface area contributed by atoms with E-state index in [1.807, 2.05) is 36.4 Å². The van der Waals surface area contributed by atoms with Gasteiger partial charge in [-0.2, -0.15) is 0 Å². The number of fused-ring (bicyclic) bond motifs is 1. The molecule has 2 aromatic carbocycles. The third-order valence-corrected chi connectivity index (χ3v) is 3.60. The maximum absolute atomic E-state index is 9.82. The Morgan fingerprint density at radius 1 is 1.05 bits per heavy atom. The highest BCUT2D eigenvalue weighted by Crippen LogP contribution is 2.35. The van der Waals surface area contributed by atoms with Gasteiger partial charge in [-0.1, -0.05) is 29.8 Å². The maximum atomic E-state index is 9.82. The molecule has 0 aliphatic carbocycles. The molecule has 3 rings (SSSR count). The van der Waals surface area contributed by atoms with Crippen LogP contribution >= 0.6 is 11.6 Å². The molecule has 1 heterocycles. The number of aliphatic hydroxyl groups is 1. The standard InChI is InChI=1S/C17H14ClNO2/c1-11(20)12-5-2-3-7-15(12)21-16-9-8-14(18)13-6-4-10-19-17(13)16/h2-11,20H,1H3. The lowest BCUT2D eigenvalue weighted by molar-refractivity contribution is 0.195. The van der Waals surface area contributed by atoms with Crippen LogP contribution in [0.4, 0.5) is 0 Å². The fraction of sp³-hybridized carbons (Fsp3) is 0.118. The molecule has 0 bridgehead atoms. The highest BCUT2D eigenvalue weighted by atomic mass is 35.5. The molecule has 0 saturated heterocycles. The van der Waals surface area contributed by atoms with E-state index in [0.29, 0.717) is 22.0 Å². The molecule has 0 radical (unpaired) electrons. The summed E-state index contributed by atoms with van der Waals surface area (Å²) < 4.78 is 5.96. The minimum atomic E-state index is -0.604. The highest BCUT2D eigenvalue weighted by Gasteiger charge is 2.12. The zero-order valence-corrected chi connectivity index (χ0v) is 12.2. The van der Waals surface area contributed by atoms with E-state index in [1.54, 1.807) is 25.3 Å². The Bertz CT molecular complexity index is 787. The predicted molar refractivity (Wildman–Crippen MR) is 83.9 cm³/mol. The number of pyridine rings is 1. The fourth-order valence-corrected chi connectivity index (χ4v) is 2.45. The summed E-state index contributed by atoms with van der Waals surface area (Å²) in [6, 6.07) is 14.7. The van der Waals surface area contributed by atoms with Gasteiger partial charge < -0.3 is 9.84 Å². The first kappa shape index (κ1) is 13.9. The second-order valence-electron chi connectivity index (χ2n) is 4.76. The minimum absolute atomic E-state index is 0.604. The molecule has 21 heavy (non-hydrogen) atoms. The van der Waals surface area contributed by atoms with Crippen LogP contribution in [0.15, 0.2) is 54.7 Å². The molecule has 0 spiro atoms. The zero-order valence-electron chi connectivity index (χ0n) is 11.5. The summed E-state index contributed by atoms with van der Waals surface area (Å²) in [6.07, 6.45) is 1.10. The van der Waals surface area contributed by atoms with Crippen molar-refractivity contribution >= 4 is 22.5 Å². The number of hydrogen-bond acceptors (Lipinski definition) is 3. The first-order valence-corrected chi connectivity index (χ1v) is 7.02. The average Bonchev–Trinajstić information content (AvgIpc) is 2.51. The molecular weight excluding hydrogens is 286 g/mol. The molecule has 0 saturated carbocycles. The molecule has 0 aliphatic heterocycles. The van der Waals surface area contributed by atoms with Crippen molar-refractivity contribution in [2.24, 2.45) is 0 Å². The molecule has 3 nitrogen and oxygen atoms in total. The van der Waals surface area contributed by atoms with Crippen molar-refractivity contribution in [3.8, 4) is 11.5 Å². The van der Waals surface area contributed by atoms with E-state index in [0.717, 1.165) is 10.9 Å². The summed E-state index contributed by atoms with van der Waals surface area (Å²) in [5, 5.41) is 11.3. The Hall–Kier alpha value is -2.10. The summed E-state index contributed by atoms with van der Waals surface area (Å²) in [5.41, 5.74) is 1.43. The lowest BCUT2D eigenvalue weighted by Gasteiger charge is -2.14. The van der Waals surface area contributed by atoms with Gasteiger partial charge in [0.05, 0.1) is 11.1 Å². The molecule has 4 heteroatoms. The monoisotopic (exact) mass is 299 g/mol. The number of aliphatic hydroxyl groups excluding tert-OH is 1. The smallest absolute Gasteiger partial charge is 0.153 e. The van der Waals surface area contributed by atoms with Gasteiger partial charge in [-0.05, 0) is 37.3 Å². The molecule has 1 unspecified atom stereocenters. The van der Waals surface area contributed by atoms with Crippen LogP contribution in [0.3, 0.4) is 0 Å². The molecular formula is C17H14ClNO2. The highest BCUT2D eigenvalue weighted by molar-refractivity contribution is 6.35. The molecule has 106 valence electrons. The number of hydrogen-bond donors (Lipinski definition) is 1. The normalized spacial score (nSPS) is 12.3. The van der Waals surface area contributed by atoms with E-state index in [-0.39, 0.29) is 0 Å². The number of halogens is 1. The third-order valence-electron chi connectivity index (χ3n) is 3.27. The van der Waals surface area contributed by atoms with Crippen LogP contribution in [0, 0.1) is 0 Å². The van der Waals surface area contributed by atoms with Crippen LogP contribution in [0.5, 0.6) is 11.5 Å². The van der Waals surface area contributed by atoms with E-state index in [9.17, 15) is 5.11 Å². The van der Waals surface area contributed by atoms with Crippen LogP contribution in [0.2, 0.25) is 5.02 Å². The Kier molecular flexibility index (Phi) is 3.78. The van der Waals surface area contributed by atoms with E-state index < -0.39 is 6.10 Å². The van der Waals surface area contributed by atoms with Gasteiger partial charge in [0.2, 0.25) is 0 Å². The van der Waals surface area contributed by atoms with Gasteiger partial charge in [-0.15, -0.1) is 0 Å². The van der Waals surface area contributed by atoms with E-state index in [4.69, 9.17) is 16.3 Å². The summed E-state index contributed by atoms with van der Waals surface area (Å²) in [7, 11) is 0. The number of aromatic nitrogens is 1. The molecule has 0 aliphatic rings. The van der Waals surface area contributed by atoms with E-state index in [1.165, 1.54) is 0 Å². The summed E-state index contributed by atoms with van der Waals surface area (Å²) in [4.78, 5) is 4.34. The van der Waals surface area contributed by atoms with E-state index >= 15 is 0 Å². The van der Waals surface area contributed by atoms with Crippen LogP contribution in [-0.4, -0.2) is 10.1 Å². The third kappa shape index (κ3) is 2.71. The topological polar surface area (TPSA) is 42.4 Å². The second-order valence-corrected chi connectivity index (χ2v) is 5.17. The number of benzene rings is 2. The van der Waals surface area contributed by atoms with Crippen molar-refractivity contribution in [3.63, 3.8) is 0 Å². The second kappa shape index (κ2) is 5.72. The summed E-state index contributed by atoms with van der Waals surface area (Å²) in [5.74, 6) is 1.23. The van der Waals surface area contributed by atoms with Crippen molar-refractivity contribution in [1.82, 2.24) is 4.98 Å².